The van der Waals surface area contributed by atoms with Crippen LogP contribution in [0.4, 0.5) is 4.39 Å². The van der Waals surface area contributed by atoms with Crippen LogP contribution in [0.5, 0.6) is 5.75 Å². The lowest BCUT2D eigenvalue weighted by Gasteiger charge is -2.39. The summed E-state index contributed by atoms with van der Waals surface area (Å²) in [6.07, 6.45) is 2.56. The van der Waals surface area contributed by atoms with Crippen LogP contribution in [0.15, 0.2) is 59.5 Å². The Morgan fingerprint density at radius 2 is 1.69 bits per heavy atom. The minimum Gasteiger partial charge on any atom is -0.508 e. The molecule has 0 spiro atoms. The summed E-state index contributed by atoms with van der Waals surface area (Å²) < 4.78 is 13.8. The number of rotatable bonds is 10. The third-order valence-electron chi connectivity index (χ3n) is 8.84. The normalized spacial score (nSPS) is 17.2. The highest BCUT2D eigenvalue weighted by Gasteiger charge is 2.33. The zero-order valence-electron chi connectivity index (χ0n) is 25.6. The molecule has 0 unspecified atom stereocenters. The molecule has 5 rings (SSSR count). The fraction of sp³-hybridized carbons (Fsp3) is 0.441. The maximum Gasteiger partial charge on any atom is 0.239 e. The number of piperazine rings is 1. The van der Waals surface area contributed by atoms with Crippen molar-refractivity contribution in [3.05, 3.63) is 81.6 Å². The molecule has 0 bridgehead atoms. The molecule has 1 atom stereocenters. The van der Waals surface area contributed by atoms with Crippen molar-refractivity contribution in [2.45, 2.75) is 43.7 Å². The van der Waals surface area contributed by atoms with Crippen LogP contribution in [0.1, 0.15) is 30.9 Å². The van der Waals surface area contributed by atoms with E-state index in [1.54, 1.807) is 36.0 Å². The number of aromatic hydroxyl groups is 1. The number of hydrogen-bond acceptors (Lipinski definition) is 6. The number of nitrogens with zero attached hydrogens (tertiary/aromatic N) is 3. The lowest BCUT2D eigenvalue weighted by molar-refractivity contribution is -0.136. The minimum atomic E-state index is -0.485. The van der Waals surface area contributed by atoms with E-state index in [1.165, 1.54) is 6.07 Å². The van der Waals surface area contributed by atoms with Crippen molar-refractivity contribution in [2.75, 3.05) is 51.6 Å². The Kier molecular flexibility index (Phi) is 13.3. The van der Waals surface area contributed by atoms with Crippen LogP contribution in [0, 0.1) is 11.7 Å². The molecule has 6 nitrogen and oxygen atoms in total. The molecule has 2 saturated heterocycles. The minimum absolute atomic E-state index is 0. The van der Waals surface area contributed by atoms with Gasteiger partial charge in [-0.3, -0.25) is 9.69 Å². The van der Waals surface area contributed by atoms with E-state index in [4.69, 9.17) is 28.9 Å². The number of piperidine rings is 1. The van der Waals surface area contributed by atoms with Gasteiger partial charge >= 0.3 is 0 Å². The number of hydrogen-bond donors (Lipinski definition) is 2. The third kappa shape index (κ3) is 9.28. The molecule has 244 valence electrons. The van der Waals surface area contributed by atoms with E-state index in [-0.39, 0.29) is 35.8 Å². The van der Waals surface area contributed by atoms with Gasteiger partial charge in [-0.1, -0.05) is 42.3 Å². The first-order chi connectivity index (χ1) is 21.2. The van der Waals surface area contributed by atoms with Crippen molar-refractivity contribution in [2.24, 2.45) is 11.7 Å². The second kappa shape index (κ2) is 16.7. The van der Waals surface area contributed by atoms with Gasteiger partial charge in [-0.15, -0.1) is 24.2 Å². The third-order valence-corrected chi connectivity index (χ3v) is 10.4. The van der Waals surface area contributed by atoms with Crippen LogP contribution in [0.3, 0.4) is 0 Å². The number of benzene rings is 3. The van der Waals surface area contributed by atoms with Crippen LogP contribution in [-0.2, 0) is 17.8 Å². The number of nitrogens with two attached hydrogens (primary N) is 1. The van der Waals surface area contributed by atoms with E-state index < -0.39 is 6.04 Å². The Hall–Kier alpha value is -2.04. The largest absolute Gasteiger partial charge is 0.508 e. The van der Waals surface area contributed by atoms with E-state index in [9.17, 15) is 14.3 Å². The summed E-state index contributed by atoms with van der Waals surface area (Å²) in [5, 5.41) is 11.3. The van der Waals surface area contributed by atoms with Crippen LogP contribution < -0.4 is 5.73 Å². The lowest BCUT2D eigenvalue weighted by atomic mass is 9.88. The summed E-state index contributed by atoms with van der Waals surface area (Å²) in [5.74, 6) is 1.08. The number of halogens is 4. The summed E-state index contributed by atoms with van der Waals surface area (Å²) in [7, 11) is 0. The van der Waals surface area contributed by atoms with Crippen LogP contribution >= 0.6 is 47.4 Å². The average molecular weight is 696 g/mol. The fourth-order valence-corrected chi connectivity index (χ4v) is 7.53. The Balaban J connectivity index is 0.00000461. The molecule has 2 aliphatic heterocycles. The van der Waals surface area contributed by atoms with Gasteiger partial charge in [0.2, 0.25) is 5.91 Å². The van der Waals surface area contributed by atoms with Crippen molar-refractivity contribution in [1.29, 1.82) is 0 Å². The topological polar surface area (TPSA) is 73.0 Å². The van der Waals surface area contributed by atoms with Gasteiger partial charge in [0.05, 0.1) is 6.04 Å². The molecule has 11 heteroatoms. The first-order valence-electron chi connectivity index (χ1n) is 15.4. The van der Waals surface area contributed by atoms with Gasteiger partial charge in [-0.2, -0.15) is 0 Å². The molecule has 2 aliphatic rings. The van der Waals surface area contributed by atoms with E-state index in [2.05, 4.69) is 16.7 Å². The molecule has 3 N–H and O–H groups in total. The fourth-order valence-electron chi connectivity index (χ4n) is 6.29. The molecule has 45 heavy (non-hydrogen) atoms. The molecule has 0 radical (unpaired) electrons. The number of carbonyl (C=O) groups excluding carboxylic acids is 1. The molecular weight excluding hydrogens is 654 g/mol. The van der Waals surface area contributed by atoms with Gasteiger partial charge in [0.25, 0.3) is 0 Å². The second-order valence-corrected chi connectivity index (χ2v) is 13.9. The molecule has 1 amide bonds. The molecule has 0 aliphatic carbocycles. The number of carbonyl (C=O) groups is 1. The number of amides is 1. The monoisotopic (exact) mass is 694 g/mol. The van der Waals surface area contributed by atoms with E-state index >= 15 is 0 Å². The van der Waals surface area contributed by atoms with Gasteiger partial charge in [-0.25, -0.2) is 4.39 Å². The van der Waals surface area contributed by atoms with Crippen LogP contribution in [0.2, 0.25) is 10.0 Å². The van der Waals surface area contributed by atoms with Crippen molar-refractivity contribution in [3.63, 3.8) is 0 Å². The standard InChI is InChI=1S/C34H41Cl2FN4O2S.ClH/c1-2-44-32-20-27(37)5-3-25(32)22-40-15-17-41(18-16-40)34(43)33(38)23-9-12-39(13-10-23)14-11-24-19-26(35)4-7-29(24)30-21-28(42)6-8-31(30)36;/h3-8,19-21,23,33,42H,2,9-18,22,38H2,1H3;1H/t33-;/m1./s1. The van der Waals surface area contributed by atoms with Gasteiger partial charge in [0.1, 0.15) is 11.6 Å². The summed E-state index contributed by atoms with van der Waals surface area (Å²) in [6.45, 7) is 8.34. The van der Waals surface area contributed by atoms with Gasteiger partial charge < -0.3 is 20.6 Å². The van der Waals surface area contributed by atoms with E-state index in [1.807, 2.05) is 29.2 Å². The van der Waals surface area contributed by atoms with Crippen molar-refractivity contribution in [1.82, 2.24) is 14.7 Å². The molecular formula is C34H42Cl3FN4O2S. The smallest absolute Gasteiger partial charge is 0.239 e. The van der Waals surface area contributed by atoms with Gasteiger partial charge in [0.15, 0.2) is 0 Å². The van der Waals surface area contributed by atoms with Crippen LogP contribution in [0.25, 0.3) is 11.1 Å². The van der Waals surface area contributed by atoms with E-state index in [0.717, 1.165) is 91.4 Å². The Morgan fingerprint density at radius 1 is 0.956 bits per heavy atom. The highest BCUT2D eigenvalue weighted by Crippen LogP contribution is 2.35. The highest BCUT2D eigenvalue weighted by atomic mass is 35.5. The first kappa shape index (κ1) is 35.8. The first-order valence-corrected chi connectivity index (χ1v) is 17.1. The van der Waals surface area contributed by atoms with E-state index in [0.29, 0.717) is 23.1 Å². The predicted molar refractivity (Wildman–Crippen MR) is 186 cm³/mol. The van der Waals surface area contributed by atoms with Crippen molar-refractivity contribution in [3.8, 4) is 16.9 Å². The Labute approximate surface area is 286 Å². The molecule has 2 fully saturated rings. The summed E-state index contributed by atoms with van der Waals surface area (Å²) in [4.78, 5) is 21.0. The second-order valence-electron chi connectivity index (χ2n) is 11.7. The zero-order valence-corrected chi connectivity index (χ0v) is 28.7. The molecule has 0 saturated carbocycles. The van der Waals surface area contributed by atoms with Crippen molar-refractivity contribution >= 4 is 53.3 Å². The predicted octanol–water partition coefficient (Wildman–Crippen LogP) is 6.97. The molecule has 0 aromatic heterocycles. The number of phenols is 1. The van der Waals surface area contributed by atoms with Crippen molar-refractivity contribution < 1.29 is 14.3 Å². The molecule has 2 heterocycles. The quantitative estimate of drug-likeness (QED) is 0.224. The number of likely N-dealkylation sites (tertiary alicyclic amines) is 1. The SMILES string of the molecule is CCSc1cc(F)ccc1CN1CCN(C(=O)[C@H](N)C2CCN(CCc3cc(Cl)ccc3-c3cc(O)ccc3Cl)CC2)CC1.Cl. The molecule has 3 aromatic carbocycles. The zero-order chi connectivity index (χ0) is 31.2. The maximum absolute atomic E-state index is 13.8. The molecule has 3 aromatic rings. The average Bonchev–Trinajstić information content (AvgIpc) is 3.03. The van der Waals surface area contributed by atoms with Crippen LogP contribution in [-0.4, -0.2) is 83.3 Å². The summed E-state index contributed by atoms with van der Waals surface area (Å²) in [6, 6.07) is 15.3. The van der Waals surface area contributed by atoms with Gasteiger partial charge in [-0.05, 0) is 103 Å². The Morgan fingerprint density at radius 3 is 2.40 bits per heavy atom. The number of phenolic OH excluding ortho intramolecular Hbond substituents is 1. The summed E-state index contributed by atoms with van der Waals surface area (Å²) in [5.41, 5.74) is 10.6. The summed E-state index contributed by atoms with van der Waals surface area (Å²) >= 11 is 14.5. The van der Waals surface area contributed by atoms with Gasteiger partial charge in [0, 0.05) is 59.8 Å². The maximum atomic E-state index is 13.8. The number of thioether (sulfide) groups is 1. The highest BCUT2D eigenvalue weighted by molar-refractivity contribution is 7.99. The lowest BCUT2D eigenvalue weighted by Crippen LogP contribution is -2.55. The Bertz CT molecular complexity index is 1450.